The lowest BCUT2D eigenvalue weighted by Gasteiger charge is -2.38. The second-order valence-electron chi connectivity index (χ2n) is 10.2. The Morgan fingerprint density at radius 3 is 2.33 bits per heavy atom. The summed E-state index contributed by atoms with van der Waals surface area (Å²) in [4.78, 5) is 13.2. The van der Waals surface area contributed by atoms with Crippen LogP contribution in [0.1, 0.15) is 88.5 Å². The number of hydrogen-bond acceptors (Lipinski definition) is 2. The first kappa shape index (κ1) is 33.8. The second kappa shape index (κ2) is 17.4. The lowest BCUT2D eigenvalue weighted by Crippen LogP contribution is -2.41. The van der Waals surface area contributed by atoms with E-state index < -0.39 is 17.9 Å². The molecule has 0 heterocycles. The minimum Gasteiger partial charge on any atom is -0.465 e. The normalized spacial score (nSPS) is 17.7. The van der Waals surface area contributed by atoms with E-state index in [-0.39, 0.29) is 12.3 Å². The van der Waals surface area contributed by atoms with E-state index in [1.165, 1.54) is 16.0 Å². The number of carbonyl (C=O) groups is 1. The van der Waals surface area contributed by atoms with Crippen LogP contribution < -0.4 is 4.90 Å². The van der Waals surface area contributed by atoms with Crippen molar-refractivity contribution in [3.8, 4) is 6.07 Å². The number of aryl methyl sites for hydroxylation is 3. The molecule has 0 saturated heterocycles. The van der Waals surface area contributed by atoms with Crippen LogP contribution >= 0.6 is 0 Å². The van der Waals surface area contributed by atoms with Crippen molar-refractivity contribution >= 4 is 11.8 Å². The van der Waals surface area contributed by atoms with Gasteiger partial charge in [-0.15, -0.1) is 0 Å². The van der Waals surface area contributed by atoms with Crippen molar-refractivity contribution in [1.82, 2.24) is 0 Å². The largest absolute Gasteiger partial charge is 0.465 e. The van der Waals surface area contributed by atoms with Gasteiger partial charge in [-0.2, -0.15) is 5.26 Å². The molecule has 3 rings (SSSR count). The third-order valence-corrected chi connectivity index (χ3v) is 7.31. The SMILES string of the molecule is C/C=C\C.CCCC[C@@H]1CC(CN(C(=O)O)c2ccccc2CC)CCC1(F)F.Cc1ccc(C#N)cc1C. The number of amides is 1. The van der Waals surface area contributed by atoms with Gasteiger partial charge in [0.15, 0.2) is 0 Å². The molecule has 1 N–H and O–H groups in total. The van der Waals surface area contributed by atoms with E-state index in [1.807, 2.05) is 90.1 Å². The van der Waals surface area contributed by atoms with Crippen molar-refractivity contribution in [2.75, 3.05) is 11.4 Å². The maximum Gasteiger partial charge on any atom is 0.411 e. The van der Waals surface area contributed by atoms with Crippen LogP contribution in [0, 0.1) is 37.0 Å². The molecule has 0 spiro atoms. The molecule has 214 valence electrons. The zero-order valence-corrected chi connectivity index (χ0v) is 24.5. The van der Waals surface area contributed by atoms with E-state index in [4.69, 9.17) is 5.26 Å². The molecule has 2 atom stereocenters. The van der Waals surface area contributed by atoms with E-state index >= 15 is 0 Å². The number of alkyl halides is 2. The van der Waals surface area contributed by atoms with Gasteiger partial charge in [0.25, 0.3) is 5.92 Å². The van der Waals surface area contributed by atoms with Gasteiger partial charge < -0.3 is 5.11 Å². The van der Waals surface area contributed by atoms with Crippen molar-refractivity contribution in [2.24, 2.45) is 11.8 Å². The Balaban J connectivity index is 0.000000446. The van der Waals surface area contributed by atoms with Crippen molar-refractivity contribution < 1.29 is 18.7 Å². The molecule has 0 bridgehead atoms. The number of carboxylic acid groups (broad SMARTS) is 1. The number of benzene rings is 2. The van der Waals surface area contributed by atoms with Crippen LogP contribution in [-0.4, -0.2) is 23.7 Å². The molecule has 2 aromatic carbocycles. The molecule has 1 fully saturated rings. The van der Waals surface area contributed by atoms with Crippen molar-refractivity contribution in [1.29, 1.82) is 5.26 Å². The summed E-state index contributed by atoms with van der Waals surface area (Å²) in [6.07, 6.45) is 6.62. The first-order chi connectivity index (χ1) is 18.5. The Hall–Kier alpha value is -3.20. The zero-order valence-electron chi connectivity index (χ0n) is 24.5. The molecule has 39 heavy (non-hydrogen) atoms. The number of anilines is 1. The molecule has 1 aliphatic rings. The van der Waals surface area contributed by atoms with E-state index in [9.17, 15) is 18.7 Å². The molecule has 0 aromatic heterocycles. The molecule has 0 radical (unpaired) electrons. The molecule has 4 nitrogen and oxygen atoms in total. The van der Waals surface area contributed by atoms with Crippen molar-refractivity contribution in [2.45, 2.75) is 92.4 Å². The van der Waals surface area contributed by atoms with Crippen LogP contribution in [-0.2, 0) is 6.42 Å². The van der Waals surface area contributed by atoms with Crippen molar-refractivity contribution in [3.63, 3.8) is 0 Å². The van der Waals surface area contributed by atoms with Crippen LogP contribution in [0.15, 0.2) is 54.6 Å². The Kier molecular flexibility index (Phi) is 15.1. The molecule has 1 saturated carbocycles. The zero-order chi connectivity index (χ0) is 29.4. The van der Waals surface area contributed by atoms with E-state index in [0.29, 0.717) is 31.5 Å². The summed E-state index contributed by atoms with van der Waals surface area (Å²) in [6, 6.07) is 15.2. The Morgan fingerprint density at radius 1 is 1.13 bits per heavy atom. The molecule has 1 aliphatic carbocycles. The Bertz CT molecular complexity index is 1090. The average Bonchev–Trinajstić information content (AvgIpc) is 2.93. The first-order valence-electron chi connectivity index (χ1n) is 14.0. The van der Waals surface area contributed by atoms with Gasteiger partial charge in [-0.1, -0.05) is 63.1 Å². The highest BCUT2D eigenvalue weighted by Crippen LogP contribution is 2.44. The predicted octanol–water partition coefficient (Wildman–Crippen LogP) is 9.73. The molecule has 1 amide bonds. The number of rotatable bonds is 7. The van der Waals surface area contributed by atoms with Gasteiger partial charge in [0.05, 0.1) is 17.3 Å². The Morgan fingerprint density at radius 2 is 1.79 bits per heavy atom. The van der Waals surface area contributed by atoms with Crippen LogP contribution in [0.25, 0.3) is 0 Å². The molecule has 2 aromatic rings. The average molecular weight is 541 g/mol. The molecule has 6 heteroatoms. The fraction of sp³-hybridized carbons (Fsp3) is 0.515. The number of halogens is 2. The van der Waals surface area contributed by atoms with Gasteiger partial charge in [0.2, 0.25) is 0 Å². The number of allylic oxidation sites excluding steroid dienone is 2. The van der Waals surface area contributed by atoms with Gasteiger partial charge in [0.1, 0.15) is 0 Å². The van der Waals surface area contributed by atoms with E-state index in [2.05, 4.69) is 6.07 Å². The minimum atomic E-state index is -2.61. The van der Waals surface area contributed by atoms with Crippen molar-refractivity contribution in [3.05, 3.63) is 76.9 Å². The van der Waals surface area contributed by atoms with Gasteiger partial charge in [0, 0.05) is 18.9 Å². The molecule has 0 aliphatic heterocycles. The number of unbranched alkanes of at least 4 members (excludes halogenated alkanes) is 1. The van der Waals surface area contributed by atoms with Gasteiger partial charge in [-0.3, -0.25) is 4.90 Å². The maximum atomic E-state index is 14.2. The fourth-order valence-electron chi connectivity index (χ4n) is 4.66. The van der Waals surface area contributed by atoms with Crippen LogP contribution in [0.2, 0.25) is 0 Å². The lowest BCUT2D eigenvalue weighted by atomic mass is 9.76. The van der Waals surface area contributed by atoms with Gasteiger partial charge in [-0.25, -0.2) is 13.6 Å². The smallest absolute Gasteiger partial charge is 0.411 e. The molecular weight excluding hydrogens is 494 g/mol. The first-order valence-corrected chi connectivity index (χ1v) is 14.0. The second-order valence-corrected chi connectivity index (χ2v) is 10.2. The summed E-state index contributed by atoms with van der Waals surface area (Å²) in [7, 11) is 0. The highest BCUT2D eigenvalue weighted by molar-refractivity contribution is 5.87. The summed E-state index contributed by atoms with van der Waals surface area (Å²) >= 11 is 0. The van der Waals surface area contributed by atoms with E-state index in [1.54, 1.807) is 6.07 Å². The summed E-state index contributed by atoms with van der Waals surface area (Å²) in [5.74, 6) is -3.24. The quantitative estimate of drug-likeness (QED) is 0.356. The third kappa shape index (κ3) is 11.2. The van der Waals surface area contributed by atoms with Crippen LogP contribution in [0.3, 0.4) is 0 Å². The van der Waals surface area contributed by atoms with Gasteiger partial charge in [-0.05, 0) is 94.2 Å². The standard InChI is InChI=1S/C20H29F2NO2.C9H9N.C4H8/c1-3-5-9-17-13-15(11-12-20(17,21)22)14-23(19(24)25)18-10-7-6-8-16(18)4-2;1-7-3-4-9(6-10)5-8(7)2;1-3-4-2/h6-8,10,15,17H,3-5,9,11-14H2,1-2H3,(H,24,25);3-5H,1-2H3;3-4H,1-2H3/b;;4-3-/t15?,17-;;/m1../s1. The monoisotopic (exact) mass is 540 g/mol. The lowest BCUT2D eigenvalue weighted by molar-refractivity contribution is -0.0998. The summed E-state index contributed by atoms with van der Waals surface area (Å²) in [6.45, 7) is 12.3. The van der Waals surface area contributed by atoms with E-state index in [0.717, 1.165) is 30.4 Å². The number of nitriles is 1. The minimum absolute atomic E-state index is 0.0116. The summed E-state index contributed by atoms with van der Waals surface area (Å²) in [5.41, 5.74) is 4.80. The number of nitrogens with zero attached hydrogens (tertiary/aromatic N) is 2. The summed E-state index contributed by atoms with van der Waals surface area (Å²) < 4.78 is 28.3. The fourth-order valence-corrected chi connectivity index (χ4v) is 4.66. The van der Waals surface area contributed by atoms with Crippen LogP contribution in [0.4, 0.5) is 19.3 Å². The highest BCUT2D eigenvalue weighted by Gasteiger charge is 2.44. The predicted molar refractivity (Wildman–Crippen MR) is 158 cm³/mol. The summed E-state index contributed by atoms with van der Waals surface area (Å²) in [5, 5.41) is 18.2. The number of para-hydroxylation sites is 1. The Labute approximate surface area is 234 Å². The molecule has 1 unspecified atom stereocenters. The topological polar surface area (TPSA) is 64.3 Å². The maximum absolute atomic E-state index is 14.2. The molecular formula is C33H46F2N2O2. The van der Waals surface area contributed by atoms with Gasteiger partial charge >= 0.3 is 6.09 Å². The highest BCUT2D eigenvalue weighted by atomic mass is 19.3. The third-order valence-electron chi connectivity index (χ3n) is 7.31. The van der Waals surface area contributed by atoms with Crippen LogP contribution in [0.5, 0.6) is 0 Å². The number of hydrogen-bond donors (Lipinski definition) is 1.